The van der Waals surface area contributed by atoms with Gasteiger partial charge in [0.1, 0.15) is 40.7 Å². The molecule has 14 heteroatoms. The van der Waals surface area contributed by atoms with Gasteiger partial charge in [-0.15, -0.1) is 16.9 Å². The van der Waals surface area contributed by atoms with E-state index in [4.69, 9.17) is 4.74 Å². The number of hydrogen-bond donors (Lipinski definition) is 5. The monoisotopic (exact) mass is 568 g/mol. The van der Waals surface area contributed by atoms with Crippen molar-refractivity contribution in [2.45, 2.75) is 47.6 Å². The molecule has 7 atom stereocenters. The second-order valence-electron chi connectivity index (χ2n) is 8.96. The number of nitrogens with one attached hydrogen (secondary N) is 1. The molecule has 1 aliphatic rings. The Morgan fingerprint density at radius 1 is 1.15 bits per heavy atom. The molecule has 2 aromatic carbocycles. The van der Waals surface area contributed by atoms with E-state index in [0.29, 0.717) is 0 Å². The minimum absolute atomic E-state index is 0.0787. The molecule has 0 spiro atoms. The van der Waals surface area contributed by atoms with Crippen LogP contribution in [-0.4, -0.2) is 90.1 Å². The van der Waals surface area contributed by atoms with Crippen LogP contribution in [0.3, 0.4) is 0 Å². The van der Waals surface area contributed by atoms with Gasteiger partial charge in [-0.2, -0.15) is 0 Å². The second-order valence-corrected chi connectivity index (χ2v) is 10.2. The van der Waals surface area contributed by atoms with Crippen molar-refractivity contribution in [3.05, 3.63) is 71.7 Å². The van der Waals surface area contributed by atoms with Crippen LogP contribution < -0.4 is 5.32 Å². The largest absolute Gasteiger partial charge is 0.394 e. The fourth-order valence-electron chi connectivity index (χ4n) is 4.33. The van der Waals surface area contributed by atoms with Gasteiger partial charge in [-0.1, -0.05) is 35.5 Å². The van der Waals surface area contributed by atoms with Crippen LogP contribution in [0.1, 0.15) is 11.6 Å². The van der Waals surface area contributed by atoms with Gasteiger partial charge in [-0.3, -0.25) is 4.79 Å². The van der Waals surface area contributed by atoms with Crippen molar-refractivity contribution in [1.82, 2.24) is 20.3 Å². The highest BCUT2D eigenvalue weighted by Gasteiger charge is 2.48. The lowest BCUT2D eigenvalue weighted by atomic mass is 9.97. The van der Waals surface area contributed by atoms with Crippen molar-refractivity contribution >= 4 is 17.7 Å². The Bertz CT molecular complexity index is 1260. The molecule has 1 fully saturated rings. The van der Waals surface area contributed by atoms with Crippen molar-refractivity contribution < 1.29 is 43.1 Å². The van der Waals surface area contributed by atoms with Crippen LogP contribution >= 0.6 is 11.8 Å². The van der Waals surface area contributed by atoms with Gasteiger partial charge in [0.05, 0.1) is 18.9 Å². The highest BCUT2D eigenvalue weighted by Crippen LogP contribution is 2.38. The Labute approximate surface area is 225 Å². The summed E-state index contributed by atoms with van der Waals surface area (Å²) in [6, 6.07) is 9.13. The Kier molecular flexibility index (Phi) is 9.25. The SMILES string of the molecule is CNC(=O)C(S[C@@H]1O[C@H](CO)[C@H](O)[C@H](n2cc(-c3cc(F)c(F)c(F)c3)nn2)[C@H]1O)C(O)Cc1ccccc1. The smallest absolute Gasteiger partial charge is 0.235 e. The van der Waals surface area contributed by atoms with Crippen molar-refractivity contribution in [3.63, 3.8) is 0 Å². The number of rotatable bonds is 9. The maximum absolute atomic E-state index is 13.7. The molecule has 1 saturated heterocycles. The molecule has 4 rings (SSSR count). The summed E-state index contributed by atoms with van der Waals surface area (Å²) in [7, 11) is 1.39. The number of thioether (sulfide) groups is 1. The molecule has 2 heterocycles. The molecule has 10 nitrogen and oxygen atoms in total. The number of halogens is 3. The van der Waals surface area contributed by atoms with E-state index in [9.17, 15) is 38.4 Å². The number of aliphatic hydroxyl groups is 4. The molecule has 0 bridgehead atoms. The normalized spacial score (nSPS) is 24.8. The van der Waals surface area contributed by atoms with Gasteiger partial charge in [0, 0.05) is 12.6 Å². The number of amides is 1. The number of carbonyl (C=O) groups excluding carboxylic acids is 1. The van der Waals surface area contributed by atoms with Crippen LogP contribution in [0.25, 0.3) is 11.3 Å². The van der Waals surface area contributed by atoms with Crippen molar-refractivity contribution in [2.24, 2.45) is 0 Å². The molecular formula is C25H27F3N4O6S. The molecule has 0 radical (unpaired) electrons. The molecule has 0 saturated carbocycles. The van der Waals surface area contributed by atoms with Crippen LogP contribution in [0.5, 0.6) is 0 Å². The predicted molar refractivity (Wildman–Crippen MR) is 134 cm³/mol. The number of benzene rings is 2. The molecule has 5 N–H and O–H groups in total. The standard InChI is InChI=1S/C25H27F3N4O6S/c1-29-24(37)23(17(34)7-12-5-3-2-4-6-12)39-25-22(36)20(21(35)18(11-33)38-25)32-10-16(30-31-32)13-8-14(26)19(28)15(27)9-13/h2-6,8-10,17-18,20-23,25,33-36H,7,11H2,1H3,(H,29,37)/t17?,18-,20+,21+,22-,23?,25+/m1/s1. The summed E-state index contributed by atoms with van der Waals surface area (Å²) < 4.78 is 47.6. The molecule has 3 aromatic rings. The van der Waals surface area contributed by atoms with E-state index in [1.165, 1.54) is 13.2 Å². The van der Waals surface area contributed by atoms with E-state index in [0.717, 1.165) is 34.1 Å². The van der Waals surface area contributed by atoms with Crippen LogP contribution in [0.4, 0.5) is 13.2 Å². The quantitative estimate of drug-likeness (QED) is 0.236. The molecule has 1 aromatic heterocycles. The first kappa shape index (κ1) is 29.0. The average Bonchev–Trinajstić information content (AvgIpc) is 3.41. The number of aliphatic hydroxyl groups excluding tert-OH is 4. The first-order chi connectivity index (χ1) is 18.6. The van der Waals surface area contributed by atoms with E-state index in [1.54, 1.807) is 24.3 Å². The Hall–Kier alpha value is -3.01. The Morgan fingerprint density at radius 2 is 1.82 bits per heavy atom. The highest BCUT2D eigenvalue weighted by molar-refractivity contribution is 8.01. The third-order valence-electron chi connectivity index (χ3n) is 6.37. The Morgan fingerprint density at radius 3 is 2.44 bits per heavy atom. The van der Waals surface area contributed by atoms with Crippen LogP contribution in [0.15, 0.2) is 48.7 Å². The van der Waals surface area contributed by atoms with Gasteiger partial charge in [-0.25, -0.2) is 17.9 Å². The molecular weight excluding hydrogens is 541 g/mol. The minimum Gasteiger partial charge on any atom is -0.394 e. The van der Waals surface area contributed by atoms with Crippen LogP contribution in [0.2, 0.25) is 0 Å². The zero-order chi connectivity index (χ0) is 28.3. The molecule has 2 unspecified atom stereocenters. The molecule has 210 valence electrons. The molecule has 39 heavy (non-hydrogen) atoms. The highest BCUT2D eigenvalue weighted by atomic mass is 32.2. The summed E-state index contributed by atoms with van der Waals surface area (Å²) >= 11 is 0.803. The fraction of sp³-hybridized carbons (Fsp3) is 0.400. The van der Waals surface area contributed by atoms with Gasteiger partial charge in [0.25, 0.3) is 0 Å². The summed E-state index contributed by atoms with van der Waals surface area (Å²) in [4.78, 5) is 12.7. The second kappa shape index (κ2) is 12.4. The molecule has 1 aliphatic heterocycles. The average molecular weight is 569 g/mol. The first-order valence-corrected chi connectivity index (χ1v) is 12.9. The fourth-order valence-corrected chi connectivity index (χ4v) is 5.66. The summed E-state index contributed by atoms with van der Waals surface area (Å²) in [6.45, 7) is -0.658. The van der Waals surface area contributed by atoms with E-state index >= 15 is 0 Å². The molecule has 1 amide bonds. The third kappa shape index (κ3) is 6.26. The van der Waals surface area contributed by atoms with Gasteiger partial charge in [-0.05, 0) is 24.1 Å². The lowest BCUT2D eigenvalue weighted by molar-refractivity contribution is -0.178. The predicted octanol–water partition coefficient (Wildman–Crippen LogP) is 0.794. The van der Waals surface area contributed by atoms with Crippen molar-refractivity contribution in [1.29, 1.82) is 0 Å². The topological polar surface area (TPSA) is 150 Å². The number of aromatic nitrogens is 3. The minimum atomic E-state index is -1.65. The summed E-state index contributed by atoms with van der Waals surface area (Å²) in [5.74, 6) is -5.05. The number of nitrogens with zero attached hydrogens (tertiary/aromatic N) is 3. The first-order valence-electron chi connectivity index (χ1n) is 11.9. The van der Waals surface area contributed by atoms with Gasteiger partial charge < -0.3 is 30.5 Å². The van der Waals surface area contributed by atoms with Crippen LogP contribution in [0, 0.1) is 17.5 Å². The summed E-state index contributed by atoms with van der Waals surface area (Å²) in [6.07, 6.45) is -4.15. The van der Waals surface area contributed by atoms with Gasteiger partial charge in [0.2, 0.25) is 5.91 Å². The van der Waals surface area contributed by atoms with E-state index in [2.05, 4.69) is 15.6 Å². The molecule has 0 aliphatic carbocycles. The zero-order valence-corrected chi connectivity index (χ0v) is 21.4. The third-order valence-corrected chi connectivity index (χ3v) is 7.85. The number of carbonyl (C=O) groups is 1. The van der Waals surface area contributed by atoms with E-state index in [1.807, 2.05) is 6.07 Å². The van der Waals surface area contributed by atoms with Crippen molar-refractivity contribution in [2.75, 3.05) is 13.7 Å². The van der Waals surface area contributed by atoms with Crippen LogP contribution in [-0.2, 0) is 16.0 Å². The maximum atomic E-state index is 13.7. The van der Waals surface area contributed by atoms with E-state index < -0.39 is 71.1 Å². The van der Waals surface area contributed by atoms with E-state index in [-0.39, 0.29) is 17.7 Å². The lowest BCUT2D eigenvalue weighted by Crippen LogP contribution is -2.56. The lowest BCUT2D eigenvalue weighted by Gasteiger charge is -2.42. The summed E-state index contributed by atoms with van der Waals surface area (Å²) in [5.41, 5.74) is -0.668. The van der Waals surface area contributed by atoms with Crippen molar-refractivity contribution in [3.8, 4) is 11.3 Å². The van der Waals surface area contributed by atoms with Gasteiger partial charge >= 0.3 is 0 Å². The number of ether oxygens (including phenoxy) is 1. The van der Waals surface area contributed by atoms with Gasteiger partial charge in [0.15, 0.2) is 17.5 Å². The zero-order valence-electron chi connectivity index (χ0n) is 20.6. The number of hydrogen-bond acceptors (Lipinski definition) is 9. The maximum Gasteiger partial charge on any atom is 0.235 e. The Balaban J connectivity index is 1.60. The summed E-state index contributed by atoms with van der Waals surface area (Å²) in [5, 5.41) is 51.8.